The first-order valence-corrected chi connectivity index (χ1v) is 9.31. The fraction of sp³-hybridized carbons (Fsp3) is 0.227. The molecule has 0 radical (unpaired) electrons. The maximum absolute atomic E-state index is 12.0. The van der Waals surface area contributed by atoms with Gasteiger partial charge in [0, 0.05) is 37.2 Å². The van der Waals surface area contributed by atoms with Crippen molar-refractivity contribution in [1.29, 1.82) is 0 Å². The summed E-state index contributed by atoms with van der Waals surface area (Å²) in [5.74, 6) is 1.17. The molecule has 150 valence electrons. The van der Waals surface area contributed by atoms with E-state index in [9.17, 15) is 4.79 Å². The van der Waals surface area contributed by atoms with Crippen LogP contribution in [0.2, 0.25) is 0 Å². The largest absolute Gasteiger partial charge is 0.367 e. The van der Waals surface area contributed by atoms with Crippen LogP contribution >= 0.6 is 0 Å². The molecule has 1 aromatic heterocycles. The van der Waals surface area contributed by atoms with E-state index in [0.717, 1.165) is 22.8 Å². The number of hydrogen-bond donors (Lipinski definition) is 2. The summed E-state index contributed by atoms with van der Waals surface area (Å²) >= 11 is 0. The summed E-state index contributed by atoms with van der Waals surface area (Å²) < 4.78 is 5.45. The number of aryl methyl sites for hydroxylation is 1. The molecule has 0 fully saturated rings. The molecule has 2 aromatic carbocycles. The highest BCUT2D eigenvalue weighted by Gasteiger charge is 2.06. The van der Waals surface area contributed by atoms with Crippen LogP contribution in [-0.2, 0) is 16.1 Å². The Hall–Kier alpha value is -3.45. The Morgan fingerprint density at radius 2 is 1.69 bits per heavy atom. The fourth-order valence-corrected chi connectivity index (χ4v) is 2.64. The Morgan fingerprint density at radius 3 is 2.38 bits per heavy atom. The quantitative estimate of drug-likeness (QED) is 0.609. The molecule has 0 spiro atoms. The molecular weight excluding hydrogens is 366 g/mol. The number of carbonyl (C=O) groups is 1. The lowest BCUT2D eigenvalue weighted by Crippen LogP contribution is -2.18. The molecule has 2 N–H and O–H groups in total. The minimum Gasteiger partial charge on any atom is -0.367 e. The number of ether oxygens (including phenoxy) is 1. The molecule has 0 aliphatic heterocycles. The minimum atomic E-state index is -0.195. The number of anilines is 4. The average Bonchev–Trinajstić information content (AvgIpc) is 2.70. The van der Waals surface area contributed by atoms with Crippen molar-refractivity contribution in [3.63, 3.8) is 0 Å². The Morgan fingerprint density at radius 1 is 1.00 bits per heavy atom. The molecule has 0 aliphatic carbocycles. The van der Waals surface area contributed by atoms with E-state index in [1.807, 2.05) is 86.6 Å². The van der Waals surface area contributed by atoms with Crippen LogP contribution in [0.4, 0.5) is 23.1 Å². The first kappa shape index (κ1) is 20.3. The molecule has 0 unspecified atom stereocenters. The fourth-order valence-electron chi connectivity index (χ4n) is 2.64. The van der Waals surface area contributed by atoms with Crippen molar-refractivity contribution in [2.75, 3.05) is 36.2 Å². The molecule has 0 aliphatic rings. The van der Waals surface area contributed by atoms with Crippen LogP contribution in [0.15, 0.2) is 60.7 Å². The third-order valence-corrected chi connectivity index (χ3v) is 4.07. The van der Waals surface area contributed by atoms with E-state index in [4.69, 9.17) is 4.74 Å². The summed E-state index contributed by atoms with van der Waals surface area (Å²) in [6.45, 7) is 2.33. The second kappa shape index (κ2) is 9.66. The van der Waals surface area contributed by atoms with E-state index >= 15 is 0 Å². The number of amides is 1. The summed E-state index contributed by atoms with van der Waals surface area (Å²) in [6.07, 6.45) is 0. The molecule has 3 aromatic rings. The van der Waals surface area contributed by atoms with Gasteiger partial charge in [-0.25, -0.2) is 4.98 Å². The van der Waals surface area contributed by atoms with Crippen molar-refractivity contribution in [1.82, 2.24) is 9.97 Å². The standard InChI is InChI=1S/C22H25N5O2/c1-16-13-20(27(2)3)26-22(23-16)25-19-11-9-18(10-12-19)24-21(28)15-29-14-17-7-5-4-6-8-17/h4-13H,14-15H2,1-3H3,(H,24,28)(H,23,25,26). The third-order valence-electron chi connectivity index (χ3n) is 4.07. The zero-order valence-corrected chi connectivity index (χ0v) is 16.8. The maximum Gasteiger partial charge on any atom is 0.250 e. The predicted molar refractivity (Wildman–Crippen MR) is 116 cm³/mol. The summed E-state index contributed by atoms with van der Waals surface area (Å²) in [5, 5.41) is 6.01. The summed E-state index contributed by atoms with van der Waals surface area (Å²) in [6, 6.07) is 19.0. The Bertz CT molecular complexity index is 943. The van der Waals surface area contributed by atoms with Gasteiger partial charge in [-0.05, 0) is 36.8 Å². The normalized spacial score (nSPS) is 10.4. The number of nitrogens with zero attached hydrogens (tertiary/aromatic N) is 3. The predicted octanol–water partition coefficient (Wildman–Crippen LogP) is 3.75. The van der Waals surface area contributed by atoms with E-state index in [1.165, 1.54) is 0 Å². The number of nitrogens with one attached hydrogen (secondary N) is 2. The first-order chi connectivity index (χ1) is 14.0. The van der Waals surface area contributed by atoms with Crippen molar-refractivity contribution in [3.05, 3.63) is 71.9 Å². The molecule has 7 heteroatoms. The minimum absolute atomic E-state index is 0.000654. The van der Waals surface area contributed by atoms with Crippen LogP contribution in [0.25, 0.3) is 0 Å². The van der Waals surface area contributed by atoms with Gasteiger partial charge in [0.05, 0.1) is 6.61 Å². The highest BCUT2D eigenvalue weighted by Crippen LogP contribution is 2.19. The van der Waals surface area contributed by atoms with Gasteiger partial charge in [-0.15, -0.1) is 0 Å². The molecule has 29 heavy (non-hydrogen) atoms. The average molecular weight is 391 g/mol. The second-order valence-corrected chi connectivity index (χ2v) is 6.81. The zero-order chi connectivity index (χ0) is 20.6. The summed E-state index contributed by atoms with van der Waals surface area (Å²) in [7, 11) is 3.87. The van der Waals surface area contributed by atoms with Crippen molar-refractivity contribution in [2.24, 2.45) is 0 Å². The van der Waals surface area contributed by atoms with Crippen molar-refractivity contribution in [2.45, 2.75) is 13.5 Å². The summed E-state index contributed by atoms with van der Waals surface area (Å²) in [4.78, 5) is 22.9. The van der Waals surface area contributed by atoms with Gasteiger partial charge in [0.2, 0.25) is 11.9 Å². The molecule has 0 saturated heterocycles. The number of hydrogen-bond acceptors (Lipinski definition) is 6. The lowest BCUT2D eigenvalue weighted by molar-refractivity contribution is -0.121. The molecule has 7 nitrogen and oxygen atoms in total. The van der Waals surface area contributed by atoms with E-state index in [2.05, 4.69) is 20.6 Å². The molecular formula is C22H25N5O2. The van der Waals surface area contributed by atoms with Crippen LogP contribution in [-0.4, -0.2) is 36.6 Å². The lowest BCUT2D eigenvalue weighted by atomic mass is 10.2. The molecule has 3 rings (SSSR count). The number of aromatic nitrogens is 2. The molecule has 1 amide bonds. The van der Waals surface area contributed by atoms with E-state index in [0.29, 0.717) is 18.2 Å². The Balaban J connectivity index is 1.51. The number of benzene rings is 2. The van der Waals surface area contributed by atoms with Gasteiger partial charge in [-0.2, -0.15) is 4.98 Å². The molecule has 1 heterocycles. The van der Waals surface area contributed by atoms with Crippen LogP contribution in [0.1, 0.15) is 11.3 Å². The van der Waals surface area contributed by atoms with Gasteiger partial charge in [0.25, 0.3) is 0 Å². The third kappa shape index (κ3) is 6.29. The van der Waals surface area contributed by atoms with Crippen LogP contribution in [0.5, 0.6) is 0 Å². The van der Waals surface area contributed by atoms with Crippen molar-refractivity contribution in [3.8, 4) is 0 Å². The topological polar surface area (TPSA) is 79.4 Å². The lowest BCUT2D eigenvalue weighted by Gasteiger charge is -2.14. The molecule has 0 atom stereocenters. The Labute approximate surface area is 170 Å². The second-order valence-electron chi connectivity index (χ2n) is 6.81. The first-order valence-electron chi connectivity index (χ1n) is 9.31. The van der Waals surface area contributed by atoms with Crippen molar-refractivity contribution >= 4 is 29.0 Å². The smallest absolute Gasteiger partial charge is 0.250 e. The highest BCUT2D eigenvalue weighted by atomic mass is 16.5. The van der Waals surface area contributed by atoms with E-state index in [-0.39, 0.29) is 12.5 Å². The van der Waals surface area contributed by atoms with Gasteiger partial charge in [0.1, 0.15) is 12.4 Å². The molecule has 0 bridgehead atoms. The van der Waals surface area contributed by atoms with Gasteiger partial charge < -0.3 is 20.3 Å². The summed E-state index contributed by atoms with van der Waals surface area (Å²) in [5.41, 5.74) is 3.44. The number of rotatable bonds is 8. The SMILES string of the molecule is Cc1cc(N(C)C)nc(Nc2ccc(NC(=O)COCc3ccccc3)cc2)n1. The molecule has 0 saturated carbocycles. The van der Waals surface area contributed by atoms with Gasteiger partial charge in [-0.3, -0.25) is 4.79 Å². The van der Waals surface area contributed by atoms with Crippen LogP contribution < -0.4 is 15.5 Å². The van der Waals surface area contributed by atoms with Gasteiger partial charge >= 0.3 is 0 Å². The van der Waals surface area contributed by atoms with Crippen LogP contribution in [0, 0.1) is 6.92 Å². The zero-order valence-electron chi connectivity index (χ0n) is 16.8. The maximum atomic E-state index is 12.0. The van der Waals surface area contributed by atoms with Gasteiger partial charge in [-0.1, -0.05) is 30.3 Å². The highest BCUT2D eigenvalue weighted by molar-refractivity contribution is 5.91. The van der Waals surface area contributed by atoms with E-state index < -0.39 is 0 Å². The van der Waals surface area contributed by atoms with Crippen molar-refractivity contribution < 1.29 is 9.53 Å². The number of carbonyl (C=O) groups excluding carboxylic acids is 1. The van der Waals surface area contributed by atoms with Crippen LogP contribution in [0.3, 0.4) is 0 Å². The Kier molecular flexibility index (Phi) is 6.76. The van der Waals surface area contributed by atoms with E-state index in [1.54, 1.807) is 0 Å². The monoisotopic (exact) mass is 391 g/mol. The van der Waals surface area contributed by atoms with Gasteiger partial charge in [0.15, 0.2) is 0 Å².